The van der Waals surface area contributed by atoms with Crippen LogP contribution in [0.25, 0.3) is 0 Å². The molecule has 0 aliphatic rings. The number of benzene rings is 1. The molecule has 0 aliphatic heterocycles. The van der Waals surface area contributed by atoms with Crippen LogP contribution in [0.5, 0.6) is 0 Å². The molecule has 110 valence electrons. The van der Waals surface area contributed by atoms with Gasteiger partial charge in [-0.3, -0.25) is 0 Å². The van der Waals surface area contributed by atoms with E-state index in [9.17, 15) is 13.6 Å². The van der Waals surface area contributed by atoms with Crippen LogP contribution in [0.3, 0.4) is 0 Å². The number of halogens is 2. The second kappa shape index (κ2) is 6.17. The molecule has 0 radical (unpaired) electrons. The van der Waals surface area contributed by atoms with Gasteiger partial charge in [-0.1, -0.05) is 6.07 Å². The van der Waals surface area contributed by atoms with Gasteiger partial charge in [-0.05, 0) is 23.8 Å². The molecule has 0 spiro atoms. The topological polar surface area (TPSA) is 77.2 Å². The number of pyridine rings is 1. The Morgan fingerprint density at radius 3 is 2.76 bits per heavy atom. The lowest BCUT2D eigenvalue weighted by Gasteiger charge is -2.10. The number of nitrogen functional groups attached to an aromatic ring is 1. The quantitative estimate of drug-likeness (QED) is 0.846. The number of rotatable bonds is 4. The number of carbonyl (C=O) groups excluding carboxylic acids is 1. The fourth-order valence-corrected chi connectivity index (χ4v) is 1.72. The number of nitrogens with one attached hydrogen (secondary N) is 1. The third kappa shape index (κ3) is 3.44. The third-order valence-corrected chi connectivity index (χ3v) is 2.76. The summed E-state index contributed by atoms with van der Waals surface area (Å²) >= 11 is 0. The number of ether oxygens (including phenoxy) is 1. The second-order valence-corrected chi connectivity index (χ2v) is 4.26. The largest absolute Gasteiger partial charge is 0.465 e. The minimum absolute atomic E-state index is 0.165. The Hall–Kier alpha value is -2.70. The van der Waals surface area contributed by atoms with Crippen molar-refractivity contribution >= 4 is 17.5 Å². The monoisotopic (exact) mass is 293 g/mol. The number of aromatic nitrogens is 1. The van der Waals surface area contributed by atoms with Gasteiger partial charge in [0.1, 0.15) is 11.4 Å². The van der Waals surface area contributed by atoms with E-state index >= 15 is 0 Å². The molecule has 2 aromatic rings. The standard InChI is InChI=1S/C14H13F2N3O2/c1-21-14(20)10-5-9(17)7-19-13(10)18-6-8-2-3-11(15)12(16)4-8/h2-5,7H,6,17H2,1H3,(H,18,19). The van der Waals surface area contributed by atoms with Gasteiger partial charge in [0.05, 0.1) is 19.0 Å². The highest BCUT2D eigenvalue weighted by atomic mass is 19.2. The minimum atomic E-state index is -0.937. The summed E-state index contributed by atoms with van der Waals surface area (Å²) in [4.78, 5) is 15.6. The van der Waals surface area contributed by atoms with Gasteiger partial charge in [-0.25, -0.2) is 18.6 Å². The Kier molecular flexibility index (Phi) is 4.32. The highest BCUT2D eigenvalue weighted by molar-refractivity contribution is 5.95. The molecule has 0 aliphatic carbocycles. The highest BCUT2D eigenvalue weighted by Gasteiger charge is 2.14. The van der Waals surface area contributed by atoms with Gasteiger partial charge >= 0.3 is 5.97 Å². The highest BCUT2D eigenvalue weighted by Crippen LogP contribution is 2.18. The average molecular weight is 293 g/mol. The van der Waals surface area contributed by atoms with Crippen LogP contribution in [0.4, 0.5) is 20.3 Å². The van der Waals surface area contributed by atoms with Gasteiger partial charge in [0, 0.05) is 6.54 Å². The normalized spacial score (nSPS) is 10.2. The predicted molar refractivity (Wildman–Crippen MR) is 73.7 cm³/mol. The molecular formula is C14H13F2N3O2. The molecular weight excluding hydrogens is 280 g/mol. The molecule has 0 saturated heterocycles. The van der Waals surface area contributed by atoms with Crippen LogP contribution in [-0.4, -0.2) is 18.1 Å². The van der Waals surface area contributed by atoms with Crippen molar-refractivity contribution in [3.8, 4) is 0 Å². The number of nitrogens with two attached hydrogens (primary N) is 1. The number of hydrogen-bond donors (Lipinski definition) is 2. The van der Waals surface area contributed by atoms with Crippen molar-refractivity contribution in [1.82, 2.24) is 4.98 Å². The second-order valence-electron chi connectivity index (χ2n) is 4.26. The lowest BCUT2D eigenvalue weighted by Crippen LogP contribution is -2.11. The first kappa shape index (κ1) is 14.7. The van der Waals surface area contributed by atoms with Crippen molar-refractivity contribution in [3.63, 3.8) is 0 Å². The first-order chi connectivity index (χ1) is 10.0. The van der Waals surface area contributed by atoms with Gasteiger partial charge in [-0.15, -0.1) is 0 Å². The van der Waals surface area contributed by atoms with E-state index in [1.54, 1.807) is 0 Å². The van der Waals surface area contributed by atoms with E-state index in [-0.39, 0.29) is 17.9 Å². The Morgan fingerprint density at radius 1 is 1.33 bits per heavy atom. The molecule has 0 bridgehead atoms. The van der Waals surface area contributed by atoms with Crippen LogP contribution in [0.1, 0.15) is 15.9 Å². The number of hydrogen-bond acceptors (Lipinski definition) is 5. The lowest BCUT2D eigenvalue weighted by molar-refractivity contribution is 0.0601. The van der Waals surface area contributed by atoms with E-state index in [1.165, 1.54) is 25.4 Å². The van der Waals surface area contributed by atoms with E-state index in [4.69, 9.17) is 5.73 Å². The van der Waals surface area contributed by atoms with Gasteiger partial charge in [-0.2, -0.15) is 0 Å². The van der Waals surface area contributed by atoms with E-state index < -0.39 is 17.6 Å². The summed E-state index contributed by atoms with van der Waals surface area (Å²) in [6.07, 6.45) is 1.38. The zero-order valence-electron chi connectivity index (χ0n) is 11.2. The molecule has 5 nitrogen and oxygen atoms in total. The lowest BCUT2D eigenvalue weighted by atomic mass is 10.2. The molecule has 0 amide bonds. The maximum atomic E-state index is 13.1. The van der Waals surface area contributed by atoms with E-state index in [0.717, 1.165) is 12.1 Å². The fraction of sp³-hybridized carbons (Fsp3) is 0.143. The van der Waals surface area contributed by atoms with Crippen LogP contribution in [0.15, 0.2) is 30.5 Å². The fourth-order valence-electron chi connectivity index (χ4n) is 1.72. The summed E-state index contributed by atoms with van der Waals surface area (Å²) in [5.74, 6) is -2.20. The van der Waals surface area contributed by atoms with E-state index in [2.05, 4.69) is 15.0 Å². The molecule has 21 heavy (non-hydrogen) atoms. The molecule has 2 rings (SSSR count). The number of nitrogens with zero attached hydrogens (tertiary/aromatic N) is 1. The van der Waals surface area contributed by atoms with Crippen LogP contribution in [0, 0.1) is 11.6 Å². The summed E-state index contributed by atoms with van der Waals surface area (Å²) in [7, 11) is 1.24. The first-order valence-electron chi connectivity index (χ1n) is 6.03. The maximum Gasteiger partial charge on any atom is 0.341 e. The van der Waals surface area contributed by atoms with Crippen molar-refractivity contribution in [3.05, 3.63) is 53.2 Å². The smallest absolute Gasteiger partial charge is 0.341 e. The van der Waals surface area contributed by atoms with Crippen LogP contribution in [-0.2, 0) is 11.3 Å². The number of esters is 1. The van der Waals surface area contributed by atoms with Gasteiger partial charge < -0.3 is 15.8 Å². The number of carbonyl (C=O) groups is 1. The Labute approximate surface area is 119 Å². The van der Waals surface area contributed by atoms with Crippen LogP contribution < -0.4 is 11.1 Å². The van der Waals surface area contributed by atoms with Crippen LogP contribution >= 0.6 is 0 Å². The Morgan fingerprint density at radius 2 is 2.10 bits per heavy atom. The van der Waals surface area contributed by atoms with Crippen molar-refractivity contribution in [2.24, 2.45) is 0 Å². The summed E-state index contributed by atoms with van der Waals surface area (Å²) in [6.45, 7) is 0.165. The number of anilines is 2. The molecule has 0 atom stereocenters. The zero-order valence-corrected chi connectivity index (χ0v) is 11.2. The summed E-state index contributed by atoms with van der Waals surface area (Å²) < 4.78 is 30.6. The van der Waals surface area contributed by atoms with Gasteiger partial charge in [0.25, 0.3) is 0 Å². The molecule has 1 heterocycles. The summed E-state index contributed by atoms with van der Waals surface area (Å²) in [6, 6.07) is 4.95. The first-order valence-corrected chi connectivity index (χ1v) is 6.03. The van der Waals surface area contributed by atoms with Crippen molar-refractivity contribution in [1.29, 1.82) is 0 Å². The molecule has 3 N–H and O–H groups in total. The maximum absolute atomic E-state index is 13.1. The predicted octanol–water partition coefficient (Wildman–Crippen LogP) is 2.34. The Balaban J connectivity index is 2.19. The van der Waals surface area contributed by atoms with E-state index in [1.807, 2.05) is 0 Å². The van der Waals surface area contributed by atoms with Gasteiger partial charge in [0.15, 0.2) is 11.6 Å². The third-order valence-electron chi connectivity index (χ3n) is 2.76. The average Bonchev–Trinajstić information content (AvgIpc) is 2.48. The molecule has 0 saturated carbocycles. The number of methoxy groups -OCH3 is 1. The summed E-state index contributed by atoms with van der Waals surface area (Å²) in [5.41, 5.74) is 6.56. The minimum Gasteiger partial charge on any atom is -0.465 e. The summed E-state index contributed by atoms with van der Waals surface area (Å²) in [5, 5.41) is 2.86. The van der Waals surface area contributed by atoms with Crippen LogP contribution in [0.2, 0.25) is 0 Å². The molecule has 1 aromatic heterocycles. The van der Waals surface area contributed by atoms with Crippen molar-refractivity contribution in [2.45, 2.75) is 6.54 Å². The van der Waals surface area contributed by atoms with Crippen molar-refractivity contribution in [2.75, 3.05) is 18.2 Å². The van der Waals surface area contributed by atoms with E-state index in [0.29, 0.717) is 11.3 Å². The SMILES string of the molecule is COC(=O)c1cc(N)cnc1NCc1ccc(F)c(F)c1. The molecule has 0 unspecified atom stereocenters. The van der Waals surface area contributed by atoms with Gasteiger partial charge in [0.2, 0.25) is 0 Å². The molecule has 1 aromatic carbocycles. The zero-order chi connectivity index (χ0) is 15.4. The van der Waals surface area contributed by atoms with Crippen molar-refractivity contribution < 1.29 is 18.3 Å². The molecule has 7 heteroatoms. The Bertz CT molecular complexity index is 677. The molecule has 0 fully saturated rings.